The van der Waals surface area contributed by atoms with Crippen molar-refractivity contribution in [1.82, 2.24) is 4.90 Å². The van der Waals surface area contributed by atoms with Gasteiger partial charge in [-0.05, 0) is 25.0 Å². The highest BCUT2D eigenvalue weighted by Crippen LogP contribution is 2.45. The van der Waals surface area contributed by atoms with E-state index in [-0.39, 0.29) is 18.4 Å². The molecule has 1 saturated carbocycles. The molecule has 1 aromatic carbocycles. The maximum Gasteiger partial charge on any atom is 0.243 e. The molecule has 3 N–H and O–H groups in total. The highest BCUT2D eigenvalue weighted by molar-refractivity contribution is 5.95. The molecule has 0 aromatic heterocycles. The molecule has 102 valence electrons. The Hall–Kier alpha value is -1.88. The van der Waals surface area contributed by atoms with E-state index in [1.807, 2.05) is 30.3 Å². The van der Waals surface area contributed by atoms with E-state index in [1.165, 1.54) is 4.90 Å². The van der Waals surface area contributed by atoms with Crippen molar-refractivity contribution in [3.05, 3.63) is 30.3 Å². The molecule has 5 heteroatoms. The Morgan fingerprint density at radius 2 is 1.95 bits per heavy atom. The normalized spacial score (nSPS) is 15.7. The molecule has 0 aliphatic heterocycles. The van der Waals surface area contributed by atoms with Crippen LogP contribution in [-0.2, 0) is 9.59 Å². The molecule has 0 bridgehead atoms. The van der Waals surface area contributed by atoms with Gasteiger partial charge in [-0.3, -0.25) is 9.59 Å². The first-order chi connectivity index (χ1) is 9.07. The number of carbonyl (C=O) groups excluding carboxylic acids is 2. The van der Waals surface area contributed by atoms with Gasteiger partial charge in [0.05, 0.1) is 12.0 Å². The maximum absolute atomic E-state index is 12.1. The van der Waals surface area contributed by atoms with Crippen LogP contribution in [0.5, 0.6) is 0 Å². The van der Waals surface area contributed by atoms with Crippen LogP contribution in [0.15, 0.2) is 30.3 Å². The van der Waals surface area contributed by atoms with Crippen molar-refractivity contribution in [3.63, 3.8) is 0 Å². The number of amides is 2. The summed E-state index contributed by atoms with van der Waals surface area (Å²) in [6, 6.07) is 9.18. The molecule has 1 aliphatic rings. The van der Waals surface area contributed by atoms with E-state index in [2.05, 4.69) is 5.32 Å². The van der Waals surface area contributed by atoms with Gasteiger partial charge < -0.3 is 16.0 Å². The maximum atomic E-state index is 12.1. The number of anilines is 1. The Balaban J connectivity index is 1.87. The van der Waals surface area contributed by atoms with Gasteiger partial charge in [-0.1, -0.05) is 18.2 Å². The van der Waals surface area contributed by atoms with E-state index in [0.717, 1.165) is 18.5 Å². The Labute approximate surface area is 112 Å². The van der Waals surface area contributed by atoms with Crippen LogP contribution in [0.3, 0.4) is 0 Å². The zero-order valence-electron chi connectivity index (χ0n) is 11.1. The largest absolute Gasteiger partial charge is 0.336 e. The lowest BCUT2D eigenvalue weighted by molar-refractivity contribution is -0.137. The van der Waals surface area contributed by atoms with Crippen molar-refractivity contribution in [2.24, 2.45) is 11.1 Å². The Bertz CT molecular complexity index is 469. The van der Waals surface area contributed by atoms with Crippen molar-refractivity contribution in [3.8, 4) is 0 Å². The molecular formula is C14H19N3O2. The third kappa shape index (κ3) is 3.12. The summed E-state index contributed by atoms with van der Waals surface area (Å²) in [6.45, 7) is 0.409. The third-order valence-corrected chi connectivity index (χ3v) is 3.48. The van der Waals surface area contributed by atoms with Crippen LogP contribution in [0.4, 0.5) is 5.69 Å². The van der Waals surface area contributed by atoms with Crippen LogP contribution < -0.4 is 11.1 Å². The first kappa shape index (κ1) is 13.5. The summed E-state index contributed by atoms with van der Waals surface area (Å²) in [5, 5.41) is 2.75. The molecule has 0 heterocycles. The fourth-order valence-electron chi connectivity index (χ4n) is 2.07. The van der Waals surface area contributed by atoms with Gasteiger partial charge >= 0.3 is 0 Å². The van der Waals surface area contributed by atoms with Gasteiger partial charge in [0.1, 0.15) is 0 Å². The van der Waals surface area contributed by atoms with E-state index in [0.29, 0.717) is 6.54 Å². The van der Waals surface area contributed by atoms with E-state index in [4.69, 9.17) is 5.73 Å². The highest BCUT2D eigenvalue weighted by Gasteiger charge is 2.49. The average molecular weight is 261 g/mol. The number of likely N-dealkylation sites (N-methyl/N-ethyl adjacent to an activating group) is 1. The van der Waals surface area contributed by atoms with Crippen LogP contribution >= 0.6 is 0 Å². The molecule has 0 atom stereocenters. The van der Waals surface area contributed by atoms with E-state index < -0.39 is 5.41 Å². The number of benzene rings is 1. The molecule has 2 rings (SSSR count). The minimum absolute atomic E-state index is 0.0294. The van der Waals surface area contributed by atoms with Gasteiger partial charge in [0.15, 0.2) is 0 Å². The summed E-state index contributed by atoms with van der Waals surface area (Å²) in [6.07, 6.45) is 1.65. The van der Waals surface area contributed by atoms with E-state index >= 15 is 0 Å². The van der Waals surface area contributed by atoms with Crippen molar-refractivity contribution < 1.29 is 9.59 Å². The van der Waals surface area contributed by atoms with Crippen molar-refractivity contribution in [2.75, 3.05) is 25.5 Å². The van der Waals surface area contributed by atoms with Crippen molar-refractivity contribution in [1.29, 1.82) is 0 Å². The van der Waals surface area contributed by atoms with Gasteiger partial charge in [0, 0.05) is 19.3 Å². The zero-order chi connectivity index (χ0) is 13.9. The van der Waals surface area contributed by atoms with Crippen LogP contribution in [0.2, 0.25) is 0 Å². The fraction of sp³-hybridized carbons (Fsp3) is 0.429. The molecule has 19 heavy (non-hydrogen) atoms. The highest BCUT2D eigenvalue weighted by atomic mass is 16.2. The number of para-hydroxylation sites is 1. The summed E-state index contributed by atoms with van der Waals surface area (Å²) in [4.78, 5) is 25.4. The van der Waals surface area contributed by atoms with Gasteiger partial charge in [0.25, 0.3) is 0 Å². The van der Waals surface area contributed by atoms with Crippen LogP contribution in [0.1, 0.15) is 12.8 Å². The molecule has 0 spiro atoms. The minimum Gasteiger partial charge on any atom is -0.336 e. The molecule has 0 radical (unpaired) electrons. The Kier molecular flexibility index (Phi) is 3.85. The molecule has 0 unspecified atom stereocenters. The quantitative estimate of drug-likeness (QED) is 0.824. The summed E-state index contributed by atoms with van der Waals surface area (Å²) in [5.41, 5.74) is 5.94. The number of carbonyl (C=O) groups is 2. The Morgan fingerprint density at radius 1 is 1.32 bits per heavy atom. The predicted molar refractivity (Wildman–Crippen MR) is 73.4 cm³/mol. The SMILES string of the molecule is CN(CC(=O)Nc1ccccc1)C(=O)C1(CN)CC1. The number of nitrogens with zero attached hydrogens (tertiary/aromatic N) is 1. The van der Waals surface area contributed by atoms with Gasteiger partial charge in [-0.2, -0.15) is 0 Å². The zero-order valence-corrected chi connectivity index (χ0v) is 11.1. The van der Waals surface area contributed by atoms with Crippen LogP contribution in [0, 0.1) is 5.41 Å². The fourth-order valence-corrected chi connectivity index (χ4v) is 2.07. The minimum atomic E-state index is -0.401. The molecule has 1 aromatic rings. The van der Waals surface area contributed by atoms with Gasteiger partial charge in [-0.25, -0.2) is 0 Å². The number of nitrogens with one attached hydrogen (secondary N) is 1. The first-order valence-corrected chi connectivity index (χ1v) is 6.38. The lowest BCUT2D eigenvalue weighted by Crippen LogP contribution is -2.41. The monoisotopic (exact) mass is 261 g/mol. The smallest absolute Gasteiger partial charge is 0.243 e. The van der Waals surface area contributed by atoms with Gasteiger partial charge in [0.2, 0.25) is 11.8 Å². The second-order valence-corrected chi connectivity index (χ2v) is 5.06. The molecule has 1 fully saturated rings. The summed E-state index contributed by atoms with van der Waals surface area (Å²) in [5.74, 6) is -0.229. The van der Waals surface area contributed by atoms with E-state index in [1.54, 1.807) is 7.05 Å². The topological polar surface area (TPSA) is 75.4 Å². The summed E-state index contributed by atoms with van der Waals surface area (Å²) < 4.78 is 0. The predicted octanol–water partition coefficient (Wildman–Crippen LogP) is 0.822. The number of hydrogen-bond donors (Lipinski definition) is 2. The molecule has 2 amide bonds. The lowest BCUT2D eigenvalue weighted by Gasteiger charge is -2.22. The molecule has 0 saturated heterocycles. The number of rotatable bonds is 5. The molecular weight excluding hydrogens is 242 g/mol. The lowest BCUT2D eigenvalue weighted by atomic mass is 10.1. The summed E-state index contributed by atoms with van der Waals surface area (Å²) in [7, 11) is 1.64. The van der Waals surface area contributed by atoms with Crippen LogP contribution in [0.25, 0.3) is 0 Å². The van der Waals surface area contributed by atoms with E-state index in [9.17, 15) is 9.59 Å². The number of hydrogen-bond acceptors (Lipinski definition) is 3. The third-order valence-electron chi connectivity index (χ3n) is 3.48. The summed E-state index contributed by atoms with van der Waals surface area (Å²) >= 11 is 0. The van der Waals surface area contributed by atoms with Gasteiger partial charge in [-0.15, -0.1) is 0 Å². The van der Waals surface area contributed by atoms with Crippen molar-refractivity contribution in [2.45, 2.75) is 12.8 Å². The average Bonchev–Trinajstić information content (AvgIpc) is 3.19. The number of nitrogens with two attached hydrogens (primary N) is 1. The second-order valence-electron chi connectivity index (χ2n) is 5.06. The standard InChI is InChI=1S/C14H19N3O2/c1-17(13(19)14(10-15)7-8-14)9-12(18)16-11-5-3-2-4-6-11/h2-6H,7-10,15H2,1H3,(H,16,18). The molecule has 5 nitrogen and oxygen atoms in total. The molecule has 1 aliphatic carbocycles. The first-order valence-electron chi connectivity index (χ1n) is 6.38. The van der Waals surface area contributed by atoms with Crippen molar-refractivity contribution >= 4 is 17.5 Å². The Morgan fingerprint density at radius 3 is 2.47 bits per heavy atom. The van der Waals surface area contributed by atoms with Crippen LogP contribution in [-0.4, -0.2) is 36.9 Å². The second kappa shape index (κ2) is 5.40.